The molecule has 1 aromatic heterocycles. The van der Waals surface area contributed by atoms with E-state index in [1.807, 2.05) is 60.4 Å². The molecule has 1 aliphatic heterocycles. The van der Waals surface area contributed by atoms with Crippen LogP contribution in [0.25, 0.3) is 10.9 Å². The number of aromatic nitrogens is 1. The number of halogens is 1. The third-order valence-corrected chi connectivity index (χ3v) is 5.85. The fourth-order valence-corrected chi connectivity index (χ4v) is 4.15. The van der Waals surface area contributed by atoms with Crippen molar-refractivity contribution in [2.75, 3.05) is 18.5 Å². The zero-order chi connectivity index (χ0) is 21.1. The van der Waals surface area contributed by atoms with Gasteiger partial charge in [-0.3, -0.25) is 4.79 Å². The number of ether oxygens (including phenoxy) is 1. The molecule has 30 heavy (non-hydrogen) atoms. The molecule has 0 spiro atoms. The van der Waals surface area contributed by atoms with E-state index in [0.717, 1.165) is 41.6 Å². The molecular weight excluding hydrogens is 418 g/mol. The molecule has 3 aromatic rings. The quantitative estimate of drug-likeness (QED) is 0.553. The van der Waals surface area contributed by atoms with Gasteiger partial charge in [0.2, 0.25) is 0 Å². The Hall–Kier alpha value is -2.41. The predicted molar refractivity (Wildman–Crippen MR) is 126 cm³/mol. The molecule has 2 N–H and O–H groups in total. The largest absolute Gasteiger partial charge is 0.376 e. The summed E-state index contributed by atoms with van der Waals surface area (Å²) in [6.45, 7) is 3.79. The van der Waals surface area contributed by atoms with Crippen LogP contribution in [0.2, 0.25) is 5.02 Å². The van der Waals surface area contributed by atoms with Gasteiger partial charge in [-0.1, -0.05) is 29.8 Å². The first-order chi connectivity index (χ1) is 14.5. The first-order valence-corrected chi connectivity index (χ1v) is 10.8. The minimum absolute atomic E-state index is 0.101. The summed E-state index contributed by atoms with van der Waals surface area (Å²) in [5.41, 5.74) is 3.33. The number of benzene rings is 2. The van der Waals surface area contributed by atoms with E-state index in [1.54, 1.807) is 0 Å². The number of hydrogen-bond donors (Lipinski definition) is 2. The molecule has 1 fully saturated rings. The maximum Gasteiger partial charge on any atom is 0.253 e. The van der Waals surface area contributed by atoms with Crippen LogP contribution in [-0.4, -0.2) is 34.3 Å². The van der Waals surface area contributed by atoms with E-state index in [0.29, 0.717) is 28.8 Å². The molecule has 0 radical (unpaired) electrons. The molecule has 0 aliphatic carbocycles. The van der Waals surface area contributed by atoms with E-state index in [-0.39, 0.29) is 11.7 Å². The number of anilines is 1. The number of aryl methyl sites for hydroxylation is 1. The van der Waals surface area contributed by atoms with Crippen LogP contribution < -0.4 is 10.9 Å². The number of nitrogens with one attached hydrogen (secondary N) is 2. The minimum atomic E-state index is -0.101. The predicted octanol–water partition coefficient (Wildman–Crippen LogP) is 4.87. The maximum atomic E-state index is 12.7. The van der Waals surface area contributed by atoms with Gasteiger partial charge >= 0.3 is 0 Å². The van der Waals surface area contributed by atoms with E-state index in [2.05, 4.69) is 10.3 Å². The number of aromatic amines is 1. The fraction of sp³-hybridized carbons (Fsp3) is 0.304. The van der Waals surface area contributed by atoms with Crippen LogP contribution >= 0.6 is 23.8 Å². The van der Waals surface area contributed by atoms with Gasteiger partial charge in [-0.2, -0.15) is 0 Å². The molecule has 2 aromatic carbocycles. The second kappa shape index (κ2) is 9.16. The number of fused-ring (bicyclic) bond motifs is 1. The zero-order valence-electron chi connectivity index (χ0n) is 16.8. The number of thiocarbonyl (C=S) groups is 1. The Bertz CT molecular complexity index is 1120. The highest BCUT2D eigenvalue weighted by molar-refractivity contribution is 7.80. The van der Waals surface area contributed by atoms with Crippen molar-refractivity contribution in [3.8, 4) is 0 Å². The van der Waals surface area contributed by atoms with Gasteiger partial charge in [-0.15, -0.1) is 0 Å². The second-order valence-corrected chi connectivity index (χ2v) is 8.49. The molecule has 2 heterocycles. The minimum Gasteiger partial charge on any atom is -0.376 e. The van der Waals surface area contributed by atoms with E-state index in [9.17, 15) is 4.79 Å². The van der Waals surface area contributed by atoms with E-state index in [1.165, 1.54) is 0 Å². The van der Waals surface area contributed by atoms with Gasteiger partial charge in [0, 0.05) is 34.9 Å². The van der Waals surface area contributed by atoms with E-state index >= 15 is 0 Å². The third-order valence-electron chi connectivity index (χ3n) is 5.25. The number of H-pyrrole nitrogens is 1. The van der Waals surface area contributed by atoms with Crippen LogP contribution in [0.3, 0.4) is 0 Å². The van der Waals surface area contributed by atoms with Crippen LogP contribution in [-0.2, 0) is 11.3 Å². The first kappa shape index (κ1) is 20.8. The average molecular weight is 442 g/mol. The van der Waals surface area contributed by atoms with Crippen molar-refractivity contribution >= 4 is 45.5 Å². The number of hydrogen-bond acceptors (Lipinski definition) is 3. The van der Waals surface area contributed by atoms with Crippen molar-refractivity contribution in [1.82, 2.24) is 9.88 Å². The lowest BCUT2D eigenvalue weighted by atomic mass is 10.1. The van der Waals surface area contributed by atoms with Crippen molar-refractivity contribution in [1.29, 1.82) is 0 Å². The molecule has 0 amide bonds. The highest BCUT2D eigenvalue weighted by atomic mass is 35.5. The molecule has 156 valence electrons. The molecular formula is C23H24ClN3O2S. The van der Waals surface area contributed by atoms with Crippen LogP contribution in [0.5, 0.6) is 0 Å². The molecule has 4 rings (SSSR count). The molecule has 1 aliphatic rings. The summed E-state index contributed by atoms with van der Waals surface area (Å²) in [5, 5.41) is 5.42. The van der Waals surface area contributed by atoms with Gasteiger partial charge in [0.05, 0.1) is 12.6 Å². The second-order valence-electron chi connectivity index (χ2n) is 7.67. The Morgan fingerprint density at radius 2 is 2.17 bits per heavy atom. The lowest BCUT2D eigenvalue weighted by molar-refractivity contribution is 0.0904. The topological polar surface area (TPSA) is 57.4 Å². The van der Waals surface area contributed by atoms with Crippen LogP contribution in [0.1, 0.15) is 24.0 Å². The summed E-state index contributed by atoms with van der Waals surface area (Å²) in [7, 11) is 0. The fourth-order valence-electron chi connectivity index (χ4n) is 3.71. The van der Waals surface area contributed by atoms with Gasteiger partial charge in [-0.05, 0) is 73.3 Å². The monoisotopic (exact) mass is 441 g/mol. The van der Waals surface area contributed by atoms with E-state index in [4.69, 9.17) is 28.6 Å². The Morgan fingerprint density at radius 1 is 1.30 bits per heavy atom. The van der Waals surface area contributed by atoms with Crippen molar-refractivity contribution in [2.24, 2.45) is 0 Å². The van der Waals surface area contributed by atoms with Crippen molar-refractivity contribution in [3.05, 3.63) is 75.0 Å². The SMILES string of the molecule is Cc1ccc2cc(CN(CC3CCCO3)C(=S)Nc3cccc(Cl)c3)c(=O)[nH]c2c1. The van der Waals surface area contributed by atoms with Crippen molar-refractivity contribution in [3.63, 3.8) is 0 Å². The smallest absolute Gasteiger partial charge is 0.253 e. The molecule has 5 nitrogen and oxygen atoms in total. The number of pyridine rings is 1. The van der Waals surface area contributed by atoms with Gasteiger partial charge < -0.3 is 19.9 Å². The van der Waals surface area contributed by atoms with Crippen LogP contribution in [0, 0.1) is 6.92 Å². The summed E-state index contributed by atoms with van der Waals surface area (Å²) in [4.78, 5) is 17.7. The Balaban J connectivity index is 1.59. The lowest BCUT2D eigenvalue weighted by Gasteiger charge is -2.28. The van der Waals surface area contributed by atoms with Crippen molar-refractivity contribution in [2.45, 2.75) is 32.4 Å². The summed E-state index contributed by atoms with van der Waals surface area (Å²) in [6.07, 6.45) is 2.14. The number of nitrogens with zero attached hydrogens (tertiary/aromatic N) is 1. The first-order valence-electron chi connectivity index (χ1n) is 10.0. The highest BCUT2D eigenvalue weighted by Crippen LogP contribution is 2.19. The Morgan fingerprint density at radius 3 is 2.93 bits per heavy atom. The van der Waals surface area contributed by atoms with Gasteiger partial charge in [0.25, 0.3) is 5.56 Å². The molecule has 1 saturated heterocycles. The summed E-state index contributed by atoms with van der Waals surface area (Å²) >= 11 is 11.8. The summed E-state index contributed by atoms with van der Waals surface area (Å²) < 4.78 is 5.82. The lowest BCUT2D eigenvalue weighted by Crippen LogP contribution is -2.40. The van der Waals surface area contributed by atoms with Gasteiger partial charge in [0.1, 0.15) is 0 Å². The third kappa shape index (κ3) is 5.01. The zero-order valence-corrected chi connectivity index (χ0v) is 18.4. The summed E-state index contributed by atoms with van der Waals surface area (Å²) in [6, 6.07) is 15.4. The van der Waals surface area contributed by atoms with Crippen LogP contribution in [0.4, 0.5) is 5.69 Å². The molecule has 0 bridgehead atoms. The van der Waals surface area contributed by atoms with Crippen LogP contribution in [0.15, 0.2) is 53.3 Å². The normalized spacial score (nSPS) is 16.0. The molecule has 0 saturated carbocycles. The van der Waals surface area contributed by atoms with E-state index < -0.39 is 0 Å². The van der Waals surface area contributed by atoms with Gasteiger partial charge in [0.15, 0.2) is 5.11 Å². The maximum absolute atomic E-state index is 12.7. The molecule has 1 atom stereocenters. The van der Waals surface area contributed by atoms with Crippen molar-refractivity contribution < 1.29 is 4.74 Å². The highest BCUT2D eigenvalue weighted by Gasteiger charge is 2.22. The molecule has 7 heteroatoms. The van der Waals surface area contributed by atoms with Gasteiger partial charge in [-0.25, -0.2) is 0 Å². The standard InChI is InChI=1S/C23H24ClN3O2S/c1-15-7-8-16-11-17(22(28)26-21(16)10-15)13-27(14-20-6-3-9-29-20)23(30)25-19-5-2-4-18(24)12-19/h2,4-5,7-8,10-12,20H,3,6,9,13-14H2,1H3,(H,25,30)(H,26,28). The summed E-state index contributed by atoms with van der Waals surface area (Å²) in [5.74, 6) is 0. The Kier molecular flexibility index (Phi) is 6.37. The Labute approximate surface area is 186 Å². The average Bonchev–Trinajstić information content (AvgIpc) is 3.21. The number of rotatable bonds is 5. The molecule has 1 unspecified atom stereocenters.